The van der Waals surface area contributed by atoms with Crippen LogP contribution in [0.1, 0.15) is 17.0 Å². The molecule has 106 valence electrons. The van der Waals surface area contributed by atoms with Crippen molar-refractivity contribution in [2.24, 2.45) is 0 Å². The van der Waals surface area contributed by atoms with Crippen molar-refractivity contribution < 1.29 is 9.32 Å². The smallest absolute Gasteiger partial charge is 0.290 e. The lowest BCUT2D eigenvalue weighted by molar-refractivity contribution is 0.0903. The SMILES string of the molecule is Cl.O=C(NC1CCNC1)c1cc(-c2ccccc2)no1. The summed E-state index contributed by atoms with van der Waals surface area (Å²) in [5.41, 5.74) is 1.61. The molecule has 3 rings (SSSR count). The average molecular weight is 294 g/mol. The topological polar surface area (TPSA) is 67.2 Å². The van der Waals surface area contributed by atoms with E-state index in [2.05, 4.69) is 15.8 Å². The molecule has 0 spiro atoms. The number of aromatic nitrogens is 1. The number of nitrogens with one attached hydrogen (secondary N) is 2. The molecule has 1 fully saturated rings. The summed E-state index contributed by atoms with van der Waals surface area (Å²) in [6.07, 6.45) is 0.950. The van der Waals surface area contributed by atoms with Crippen LogP contribution in [-0.2, 0) is 0 Å². The van der Waals surface area contributed by atoms with Gasteiger partial charge in [0.1, 0.15) is 5.69 Å². The minimum Gasteiger partial charge on any atom is -0.350 e. The maximum absolute atomic E-state index is 12.0. The van der Waals surface area contributed by atoms with Crippen molar-refractivity contribution in [2.75, 3.05) is 13.1 Å². The number of hydrogen-bond acceptors (Lipinski definition) is 4. The van der Waals surface area contributed by atoms with E-state index in [0.717, 1.165) is 25.1 Å². The van der Waals surface area contributed by atoms with Crippen LogP contribution in [0.4, 0.5) is 0 Å². The molecule has 20 heavy (non-hydrogen) atoms. The number of rotatable bonds is 3. The second kappa shape index (κ2) is 6.54. The highest BCUT2D eigenvalue weighted by Gasteiger charge is 2.20. The van der Waals surface area contributed by atoms with Crippen molar-refractivity contribution in [3.05, 3.63) is 42.2 Å². The lowest BCUT2D eigenvalue weighted by Gasteiger charge is -2.08. The van der Waals surface area contributed by atoms with E-state index >= 15 is 0 Å². The summed E-state index contributed by atoms with van der Waals surface area (Å²) >= 11 is 0. The third kappa shape index (κ3) is 3.18. The molecule has 0 radical (unpaired) electrons. The Hall–Kier alpha value is -1.85. The van der Waals surface area contributed by atoms with Crippen LogP contribution in [0.15, 0.2) is 40.9 Å². The summed E-state index contributed by atoms with van der Waals surface area (Å²) < 4.78 is 5.11. The Morgan fingerprint density at radius 3 is 2.85 bits per heavy atom. The Kier molecular flexibility index (Phi) is 4.76. The van der Waals surface area contributed by atoms with Crippen LogP contribution in [0.2, 0.25) is 0 Å². The Morgan fingerprint density at radius 2 is 2.15 bits per heavy atom. The molecule has 0 bridgehead atoms. The van der Waals surface area contributed by atoms with Crippen molar-refractivity contribution in [3.63, 3.8) is 0 Å². The molecule has 1 aromatic heterocycles. The Bertz CT molecular complexity index is 565. The van der Waals surface area contributed by atoms with E-state index in [0.29, 0.717) is 5.69 Å². The lowest BCUT2D eigenvalue weighted by Crippen LogP contribution is -2.35. The molecule has 2 heterocycles. The van der Waals surface area contributed by atoms with E-state index in [-0.39, 0.29) is 30.1 Å². The van der Waals surface area contributed by atoms with Gasteiger partial charge in [0.15, 0.2) is 0 Å². The van der Waals surface area contributed by atoms with Gasteiger partial charge >= 0.3 is 0 Å². The van der Waals surface area contributed by atoms with Crippen LogP contribution >= 0.6 is 12.4 Å². The number of benzene rings is 1. The predicted molar refractivity (Wildman–Crippen MR) is 77.9 cm³/mol. The Labute approximate surface area is 123 Å². The van der Waals surface area contributed by atoms with Gasteiger partial charge in [0, 0.05) is 24.2 Å². The fourth-order valence-corrected chi connectivity index (χ4v) is 2.16. The third-order valence-corrected chi connectivity index (χ3v) is 3.20. The minimum atomic E-state index is -0.205. The summed E-state index contributed by atoms with van der Waals surface area (Å²) in [6, 6.07) is 11.5. The number of nitrogens with zero attached hydrogens (tertiary/aromatic N) is 1. The van der Waals surface area contributed by atoms with Crippen LogP contribution in [0.3, 0.4) is 0 Å². The minimum absolute atomic E-state index is 0. The van der Waals surface area contributed by atoms with Crippen molar-refractivity contribution in [2.45, 2.75) is 12.5 Å². The summed E-state index contributed by atoms with van der Waals surface area (Å²) in [5, 5.41) is 10.1. The second-order valence-electron chi connectivity index (χ2n) is 4.61. The van der Waals surface area contributed by atoms with Crippen LogP contribution in [-0.4, -0.2) is 30.2 Å². The van der Waals surface area contributed by atoms with Gasteiger partial charge in [-0.25, -0.2) is 0 Å². The number of amides is 1. The van der Waals surface area contributed by atoms with E-state index in [1.807, 2.05) is 30.3 Å². The molecular weight excluding hydrogens is 278 g/mol. The summed E-state index contributed by atoms with van der Waals surface area (Å²) in [6.45, 7) is 1.75. The molecule has 2 N–H and O–H groups in total. The maximum atomic E-state index is 12.0. The summed E-state index contributed by atoms with van der Waals surface area (Å²) in [4.78, 5) is 12.0. The van der Waals surface area contributed by atoms with Crippen LogP contribution in [0.5, 0.6) is 0 Å². The number of halogens is 1. The first-order chi connectivity index (χ1) is 9.33. The van der Waals surface area contributed by atoms with Gasteiger partial charge in [-0.15, -0.1) is 12.4 Å². The molecule has 1 amide bonds. The first-order valence-electron chi connectivity index (χ1n) is 6.36. The standard InChI is InChI=1S/C14H15N3O2.ClH/c18-14(16-11-6-7-15-9-11)13-8-12(17-19-13)10-4-2-1-3-5-10;/h1-5,8,11,15H,6-7,9H2,(H,16,18);1H. The van der Waals surface area contributed by atoms with Gasteiger partial charge in [-0.3, -0.25) is 4.79 Å². The molecule has 1 saturated heterocycles. The maximum Gasteiger partial charge on any atom is 0.290 e. The molecular formula is C14H16ClN3O2. The van der Waals surface area contributed by atoms with Crippen molar-refractivity contribution in [1.82, 2.24) is 15.8 Å². The molecule has 5 nitrogen and oxygen atoms in total. The number of carbonyl (C=O) groups excluding carboxylic acids is 1. The summed E-state index contributed by atoms with van der Waals surface area (Å²) in [5.74, 6) is 0.0501. The monoisotopic (exact) mass is 293 g/mol. The molecule has 0 saturated carbocycles. The highest BCUT2D eigenvalue weighted by Crippen LogP contribution is 2.18. The third-order valence-electron chi connectivity index (χ3n) is 3.20. The lowest BCUT2D eigenvalue weighted by atomic mass is 10.1. The average Bonchev–Trinajstić information content (AvgIpc) is 3.10. The molecule has 6 heteroatoms. The van der Waals surface area contributed by atoms with Gasteiger partial charge in [-0.1, -0.05) is 35.5 Å². The van der Waals surface area contributed by atoms with Gasteiger partial charge in [0.05, 0.1) is 0 Å². The molecule has 1 aromatic carbocycles. The number of hydrogen-bond donors (Lipinski definition) is 2. The van der Waals surface area contributed by atoms with Crippen molar-refractivity contribution in [1.29, 1.82) is 0 Å². The van der Waals surface area contributed by atoms with Gasteiger partial charge in [0.2, 0.25) is 5.76 Å². The van der Waals surface area contributed by atoms with Crippen LogP contribution < -0.4 is 10.6 Å². The van der Waals surface area contributed by atoms with Gasteiger partial charge in [-0.05, 0) is 13.0 Å². The van der Waals surface area contributed by atoms with E-state index in [9.17, 15) is 4.79 Å². The van der Waals surface area contributed by atoms with Crippen LogP contribution in [0, 0.1) is 0 Å². The molecule has 1 atom stereocenters. The fraction of sp³-hybridized carbons (Fsp3) is 0.286. The van der Waals surface area contributed by atoms with Gasteiger partial charge in [-0.2, -0.15) is 0 Å². The first kappa shape index (κ1) is 14.6. The highest BCUT2D eigenvalue weighted by molar-refractivity contribution is 5.92. The van der Waals surface area contributed by atoms with E-state index in [1.54, 1.807) is 6.07 Å². The first-order valence-corrected chi connectivity index (χ1v) is 6.36. The summed E-state index contributed by atoms with van der Waals surface area (Å²) in [7, 11) is 0. The van der Waals surface area contributed by atoms with Crippen molar-refractivity contribution in [3.8, 4) is 11.3 Å². The number of carbonyl (C=O) groups is 1. The van der Waals surface area contributed by atoms with Crippen molar-refractivity contribution >= 4 is 18.3 Å². The molecule has 0 aliphatic carbocycles. The normalized spacial score (nSPS) is 17.5. The quantitative estimate of drug-likeness (QED) is 0.906. The zero-order valence-corrected chi connectivity index (χ0v) is 11.7. The van der Waals surface area contributed by atoms with E-state index < -0.39 is 0 Å². The Balaban J connectivity index is 0.00000147. The zero-order valence-electron chi connectivity index (χ0n) is 10.8. The Morgan fingerprint density at radius 1 is 1.35 bits per heavy atom. The fourth-order valence-electron chi connectivity index (χ4n) is 2.16. The predicted octanol–water partition coefficient (Wildman–Crippen LogP) is 1.86. The molecule has 1 aliphatic heterocycles. The zero-order chi connectivity index (χ0) is 13.1. The second-order valence-corrected chi connectivity index (χ2v) is 4.61. The van der Waals surface area contributed by atoms with Crippen LogP contribution in [0.25, 0.3) is 11.3 Å². The van der Waals surface area contributed by atoms with Gasteiger partial charge in [0.25, 0.3) is 5.91 Å². The molecule has 1 unspecified atom stereocenters. The largest absolute Gasteiger partial charge is 0.350 e. The molecule has 1 aliphatic rings. The van der Waals surface area contributed by atoms with E-state index in [4.69, 9.17) is 4.52 Å². The van der Waals surface area contributed by atoms with E-state index in [1.165, 1.54) is 0 Å². The highest BCUT2D eigenvalue weighted by atomic mass is 35.5. The molecule has 2 aromatic rings. The van der Waals surface area contributed by atoms with Gasteiger partial charge < -0.3 is 15.2 Å².